The number of hydrogen-bond acceptors (Lipinski definition) is 5. The number of nitrogens with two attached hydrogens (primary N) is 1. The molecular formula is C16H34N4OS. The van der Waals surface area contributed by atoms with Crippen LogP contribution in [0.1, 0.15) is 26.2 Å². The lowest BCUT2D eigenvalue weighted by molar-refractivity contribution is -0.132. The van der Waals surface area contributed by atoms with Crippen LogP contribution in [0.3, 0.4) is 0 Å². The summed E-state index contributed by atoms with van der Waals surface area (Å²) in [5.41, 5.74) is 4.50. The van der Waals surface area contributed by atoms with Crippen LogP contribution in [0.2, 0.25) is 0 Å². The second-order valence-corrected chi connectivity index (χ2v) is 6.85. The van der Waals surface area contributed by atoms with Crippen molar-refractivity contribution < 1.29 is 4.79 Å². The van der Waals surface area contributed by atoms with Gasteiger partial charge in [-0.3, -0.25) is 9.69 Å². The molecule has 2 N–H and O–H groups in total. The average molecular weight is 331 g/mol. The van der Waals surface area contributed by atoms with E-state index >= 15 is 0 Å². The van der Waals surface area contributed by atoms with Crippen molar-refractivity contribution in [3.05, 3.63) is 0 Å². The normalized spacial score (nSPS) is 21.4. The molecule has 0 aromatic carbocycles. The Morgan fingerprint density at radius 1 is 1.05 bits per heavy atom. The molecular weight excluding hydrogens is 296 g/mol. The Kier molecular flexibility index (Phi) is 10.1. The van der Waals surface area contributed by atoms with Crippen LogP contribution >= 0.6 is 11.8 Å². The Morgan fingerprint density at radius 2 is 1.59 bits per heavy atom. The monoisotopic (exact) mass is 330 g/mol. The van der Waals surface area contributed by atoms with Crippen molar-refractivity contribution in [2.24, 2.45) is 11.7 Å². The van der Waals surface area contributed by atoms with E-state index in [2.05, 4.69) is 21.8 Å². The second-order valence-electron chi connectivity index (χ2n) is 6.01. The van der Waals surface area contributed by atoms with Crippen LogP contribution in [-0.2, 0) is 4.79 Å². The third kappa shape index (κ3) is 6.44. The molecule has 0 aliphatic carbocycles. The number of nitrogens with zero attached hydrogens (tertiary/aromatic N) is 3. The van der Waals surface area contributed by atoms with Gasteiger partial charge >= 0.3 is 0 Å². The van der Waals surface area contributed by atoms with E-state index in [0.717, 1.165) is 19.0 Å². The average Bonchev–Trinajstić information content (AvgIpc) is 2.59. The maximum Gasteiger partial charge on any atom is 0.222 e. The Balaban J connectivity index is 0.00000116. The molecule has 0 bridgehead atoms. The number of carbonyl (C=O) groups excluding carboxylic acids is 1. The van der Waals surface area contributed by atoms with Crippen LogP contribution in [0.25, 0.3) is 0 Å². The molecule has 5 nitrogen and oxygen atoms in total. The maximum absolute atomic E-state index is 11.7. The highest BCUT2D eigenvalue weighted by molar-refractivity contribution is 7.98. The van der Waals surface area contributed by atoms with Crippen LogP contribution in [0, 0.1) is 5.92 Å². The van der Waals surface area contributed by atoms with E-state index in [9.17, 15) is 4.79 Å². The molecule has 2 saturated heterocycles. The van der Waals surface area contributed by atoms with Gasteiger partial charge in [-0.15, -0.1) is 11.8 Å². The molecule has 1 amide bonds. The minimum atomic E-state index is 0.328. The van der Waals surface area contributed by atoms with Crippen molar-refractivity contribution in [3.8, 4) is 0 Å². The number of amides is 1. The van der Waals surface area contributed by atoms with Gasteiger partial charge < -0.3 is 15.5 Å². The summed E-state index contributed by atoms with van der Waals surface area (Å²) in [7, 11) is 1.50. The van der Waals surface area contributed by atoms with Crippen LogP contribution in [0.15, 0.2) is 0 Å². The number of carbonyl (C=O) groups is 1. The van der Waals surface area contributed by atoms with E-state index in [1.165, 1.54) is 58.5 Å². The van der Waals surface area contributed by atoms with Gasteiger partial charge in [0.05, 0.1) is 0 Å². The van der Waals surface area contributed by atoms with E-state index in [0.29, 0.717) is 12.3 Å². The van der Waals surface area contributed by atoms with Crippen LogP contribution in [0.5, 0.6) is 0 Å². The molecule has 22 heavy (non-hydrogen) atoms. The molecule has 130 valence electrons. The minimum Gasteiger partial charge on any atom is -0.343 e. The molecule has 2 heterocycles. The van der Waals surface area contributed by atoms with E-state index in [4.69, 9.17) is 0 Å². The van der Waals surface area contributed by atoms with E-state index < -0.39 is 0 Å². The molecule has 0 radical (unpaired) electrons. The van der Waals surface area contributed by atoms with Gasteiger partial charge in [0.25, 0.3) is 0 Å². The van der Waals surface area contributed by atoms with Gasteiger partial charge in [-0.1, -0.05) is 6.92 Å². The molecule has 2 aliphatic rings. The number of piperazine rings is 1. The first-order chi connectivity index (χ1) is 10.7. The van der Waals surface area contributed by atoms with E-state index in [-0.39, 0.29) is 0 Å². The summed E-state index contributed by atoms with van der Waals surface area (Å²) >= 11 is 1.92. The summed E-state index contributed by atoms with van der Waals surface area (Å²) in [6.07, 6.45) is 5.22. The summed E-state index contributed by atoms with van der Waals surface area (Å²) in [6, 6.07) is 0. The van der Waals surface area contributed by atoms with Gasteiger partial charge in [-0.05, 0) is 32.1 Å². The lowest BCUT2D eigenvalue weighted by atomic mass is 9.95. The molecule has 0 unspecified atom stereocenters. The van der Waals surface area contributed by atoms with Crippen molar-refractivity contribution in [2.45, 2.75) is 26.2 Å². The zero-order valence-corrected chi connectivity index (χ0v) is 15.4. The number of likely N-dealkylation sites (tertiary alicyclic amines) is 1. The summed E-state index contributed by atoms with van der Waals surface area (Å²) in [5.74, 6) is 2.29. The van der Waals surface area contributed by atoms with Crippen LogP contribution < -0.4 is 5.73 Å². The Bertz CT molecular complexity index is 301. The molecule has 2 aliphatic heterocycles. The second kappa shape index (κ2) is 11.3. The van der Waals surface area contributed by atoms with Crippen LogP contribution in [0.4, 0.5) is 0 Å². The predicted octanol–water partition coefficient (Wildman–Crippen LogP) is 1.15. The van der Waals surface area contributed by atoms with E-state index in [1.807, 2.05) is 23.6 Å². The summed E-state index contributed by atoms with van der Waals surface area (Å²) < 4.78 is 0. The van der Waals surface area contributed by atoms with Crippen molar-refractivity contribution in [2.75, 3.05) is 65.0 Å². The van der Waals surface area contributed by atoms with E-state index in [1.54, 1.807) is 0 Å². The first-order valence-electron chi connectivity index (χ1n) is 8.52. The van der Waals surface area contributed by atoms with Crippen molar-refractivity contribution >= 4 is 17.7 Å². The van der Waals surface area contributed by atoms with Crippen molar-refractivity contribution in [3.63, 3.8) is 0 Å². The smallest absolute Gasteiger partial charge is 0.222 e. The molecule has 0 saturated carbocycles. The molecule has 0 atom stereocenters. The summed E-state index contributed by atoms with van der Waals surface area (Å²) in [4.78, 5) is 18.9. The summed E-state index contributed by atoms with van der Waals surface area (Å²) in [6.45, 7) is 10.0. The number of hydrogen-bond donors (Lipinski definition) is 1. The Hall–Kier alpha value is -0.300. The molecule has 2 rings (SSSR count). The van der Waals surface area contributed by atoms with Crippen molar-refractivity contribution in [1.82, 2.24) is 14.7 Å². The molecule has 0 aromatic heterocycles. The van der Waals surface area contributed by atoms with Crippen LogP contribution in [-0.4, -0.2) is 85.6 Å². The lowest BCUT2D eigenvalue weighted by Gasteiger charge is -2.38. The van der Waals surface area contributed by atoms with Gasteiger partial charge in [0.15, 0.2) is 0 Å². The lowest BCUT2D eigenvalue weighted by Crippen LogP contribution is -2.48. The zero-order chi connectivity index (χ0) is 16.4. The highest BCUT2D eigenvalue weighted by Crippen LogP contribution is 2.20. The number of rotatable bonds is 5. The third-order valence-electron chi connectivity index (χ3n) is 4.56. The standard InChI is InChI=1S/C15H29N3OS.CH5N/c1-3-15(19)18-6-4-14(5-7-18)12-16-8-10-17(11-9-16)13-20-2;1-2/h14H,3-13H2,1-2H3;2H2,1H3. The largest absolute Gasteiger partial charge is 0.343 e. The number of piperidine rings is 1. The van der Waals surface area contributed by atoms with Crippen molar-refractivity contribution in [1.29, 1.82) is 0 Å². The zero-order valence-electron chi connectivity index (χ0n) is 14.6. The minimum absolute atomic E-state index is 0.328. The SMILES string of the molecule is CCC(=O)N1CCC(CN2CCN(CSC)CC2)CC1.CN. The highest BCUT2D eigenvalue weighted by Gasteiger charge is 2.25. The Morgan fingerprint density at radius 3 is 2.09 bits per heavy atom. The van der Waals surface area contributed by atoms with Gasteiger partial charge in [0.2, 0.25) is 5.91 Å². The van der Waals surface area contributed by atoms with Gasteiger partial charge in [-0.25, -0.2) is 0 Å². The topological polar surface area (TPSA) is 52.8 Å². The van der Waals surface area contributed by atoms with Gasteiger partial charge in [-0.2, -0.15) is 0 Å². The maximum atomic E-state index is 11.7. The first-order valence-corrected chi connectivity index (χ1v) is 9.91. The predicted molar refractivity (Wildman–Crippen MR) is 96.1 cm³/mol. The molecule has 6 heteroatoms. The Labute approximate surface area is 140 Å². The fourth-order valence-corrected chi connectivity index (χ4v) is 3.86. The fourth-order valence-electron chi connectivity index (χ4n) is 3.24. The third-order valence-corrected chi connectivity index (χ3v) is 5.19. The summed E-state index contributed by atoms with van der Waals surface area (Å²) in [5, 5.41) is 0. The quantitative estimate of drug-likeness (QED) is 0.819. The van der Waals surface area contributed by atoms with Gasteiger partial charge in [0, 0.05) is 58.1 Å². The molecule has 0 spiro atoms. The molecule has 0 aromatic rings. The fraction of sp³-hybridized carbons (Fsp3) is 0.938. The first kappa shape index (κ1) is 19.7. The molecule has 2 fully saturated rings. The number of thioether (sulfide) groups is 1. The highest BCUT2D eigenvalue weighted by atomic mass is 32.2. The van der Waals surface area contributed by atoms with Gasteiger partial charge in [0.1, 0.15) is 0 Å².